The Balaban J connectivity index is 1.81. The van der Waals surface area contributed by atoms with Crippen LogP contribution in [-0.4, -0.2) is 5.97 Å². The summed E-state index contributed by atoms with van der Waals surface area (Å²) in [5, 5.41) is 0. The molecule has 2 nitrogen and oxygen atoms in total. The van der Waals surface area contributed by atoms with Crippen LogP contribution in [0.15, 0.2) is 36.1 Å². The van der Waals surface area contributed by atoms with Gasteiger partial charge in [0.05, 0.1) is 0 Å². The fourth-order valence-corrected chi connectivity index (χ4v) is 6.72. The highest BCUT2D eigenvalue weighted by molar-refractivity contribution is 5.82. The van der Waals surface area contributed by atoms with E-state index in [9.17, 15) is 4.79 Å². The van der Waals surface area contributed by atoms with Gasteiger partial charge in [-0.25, -0.2) is 0 Å². The van der Waals surface area contributed by atoms with E-state index < -0.39 is 0 Å². The van der Waals surface area contributed by atoms with Gasteiger partial charge in [-0.1, -0.05) is 199 Å². The molecule has 0 bridgehead atoms. The number of esters is 1. The van der Waals surface area contributed by atoms with Gasteiger partial charge < -0.3 is 4.74 Å². The van der Waals surface area contributed by atoms with Crippen molar-refractivity contribution in [3.05, 3.63) is 36.1 Å². The van der Waals surface area contributed by atoms with E-state index in [2.05, 4.69) is 44.2 Å². The molecule has 1 atom stereocenters. The van der Waals surface area contributed by atoms with Crippen LogP contribution < -0.4 is 0 Å². The van der Waals surface area contributed by atoms with Crippen LogP contribution in [-0.2, 0) is 9.53 Å². The molecule has 0 aromatic heterocycles. The number of rotatable bonds is 36. The lowest BCUT2D eigenvalue weighted by Crippen LogP contribution is -2.32. The lowest BCUT2D eigenvalue weighted by molar-refractivity contribution is -0.157. The number of carbonyl (C=O) groups is 1. The Hall–Kier alpha value is -1.31. The average Bonchev–Trinajstić information content (AvgIpc) is 3.06. The van der Waals surface area contributed by atoms with Gasteiger partial charge in [0.1, 0.15) is 11.7 Å². The maximum atomic E-state index is 12.0. The zero-order valence-electron chi connectivity index (χ0n) is 31.3. The molecule has 1 rings (SSSR count). The Morgan fingerprint density at radius 1 is 0.413 bits per heavy atom. The molecule has 0 aliphatic carbocycles. The fraction of sp³-hybridized carbons (Fsp3) is 0.841. The summed E-state index contributed by atoms with van der Waals surface area (Å²) in [6.07, 6.45) is 57.2. The zero-order chi connectivity index (χ0) is 33.0. The van der Waals surface area contributed by atoms with Crippen molar-refractivity contribution in [3.63, 3.8) is 0 Å². The van der Waals surface area contributed by atoms with Crippen molar-refractivity contribution in [1.82, 2.24) is 0 Å². The first kappa shape index (κ1) is 42.7. The molecule has 1 saturated heterocycles. The SMILES string of the molecule is CCC/C=C/CCCCCCCCCCCCCCC/C=C1/OC(=O)C1CCCCCCCCCCCCCCC/C=C/CCC. The van der Waals surface area contributed by atoms with Crippen molar-refractivity contribution >= 4 is 5.97 Å². The Morgan fingerprint density at radius 2 is 0.717 bits per heavy atom. The summed E-state index contributed by atoms with van der Waals surface area (Å²) in [6.45, 7) is 4.49. The molecule has 0 radical (unpaired) electrons. The van der Waals surface area contributed by atoms with E-state index in [0.717, 1.165) is 18.6 Å². The molecule has 1 aliphatic rings. The number of carbonyl (C=O) groups excluding carboxylic acids is 1. The predicted octanol–water partition coefficient (Wildman–Crippen LogP) is 15.5. The summed E-state index contributed by atoms with van der Waals surface area (Å²) < 4.78 is 5.39. The molecule has 1 fully saturated rings. The van der Waals surface area contributed by atoms with E-state index in [0.29, 0.717) is 0 Å². The van der Waals surface area contributed by atoms with Crippen molar-refractivity contribution in [2.45, 2.75) is 232 Å². The van der Waals surface area contributed by atoms with Crippen molar-refractivity contribution in [3.8, 4) is 0 Å². The third-order valence-corrected chi connectivity index (χ3v) is 9.87. The third kappa shape index (κ3) is 27.8. The van der Waals surface area contributed by atoms with Gasteiger partial charge in [-0.15, -0.1) is 0 Å². The van der Waals surface area contributed by atoms with E-state index in [1.54, 1.807) is 0 Å². The minimum absolute atomic E-state index is 0.0188. The molecule has 0 aromatic rings. The Labute approximate surface area is 289 Å². The Morgan fingerprint density at radius 3 is 1.07 bits per heavy atom. The highest BCUT2D eigenvalue weighted by Gasteiger charge is 2.36. The van der Waals surface area contributed by atoms with Crippen LogP contribution in [0.2, 0.25) is 0 Å². The highest BCUT2D eigenvalue weighted by Crippen LogP contribution is 2.32. The number of unbranched alkanes of at least 4 members (excludes halogenated alkanes) is 29. The lowest BCUT2D eigenvalue weighted by atomic mass is 9.93. The van der Waals surface area contributed by atoms with E-state index in [-0.39, 0.29) is 11.9 Å². The van der Waals surface area contributed by atoms with Crippen LogP contribution in [0.3, 0.4) is 0 Å². The molecule has 0 saturated carbocycles. The Kier molecular flexibility index (Phi) is 32.5. The minimum atomic E-state index is 0.0188. The number of cyclic esters (lactones) is 1. The smallest absolute Gasteiger partial charge is 0.321 e. The molecule has 268 valence electrons. The van der Waals surface area contributed by atoms with E-state index >= 15 is 0 Å². The molecule has 1 aliphatic heterocycles. The number of hydrogen-bond acceptors (Lipinski definition) is 2. The van der Waals surface area contributed by atoms with E-state index in [1.807, 2.05) is 0 Å². The summed E-state index contributed by atoms with van der Waals surface area (Å²) >= 11 is 0. The first-order chi connectivity index (χ1) is 22.8. The molecular formula is C44H80O2. The largest absolute Gasteiger partial charge is 0.430 e. The van der Waals surface area contributed by atoms with Crippen LogP contribution in [0.5, 0.6) is 0 Å². The van der Waals surface area contributed by atoms with Crippen LogP contribution >= 0.6 is 0 Å². The van der Waals surface area contributed by atoms with E-state index in [1.165, 1.54) is 205 Å². The maximum Gasteiger partial charge on any atom is 0.321 e. The summed E-state index contributed by atoms with van der Waals surface area (Å²) in [5.74, 6) is 1.08. The summed E-state index contributed by atoms with van der Waals surface area (Å²) in [4.78, 5) is 12.0. The first-order valence-electron chi connectivity index (χ1n) is 21.0. The molecule has 1 heterocycles. The Bertz CT molecular complexity index is 732. The van der Waals surface area contributed by atoms with Crippen LogP contribution in [0.1, 0.15) is 232 Å². The fourth-order valence-electron chi connectivity index (χ4n) is 6.72. The van der Waals surface area contributed by atoms with Crippen LogP contribution in [0.25, 0.3) is 0 Å². The van der Waals surface area contributed by atoms with Crippen molar-refractivity contribution in [2.24, 2.45) is 5.92 Å². The second kappa shape index (κ2) is 35.0. The molecule has 0 aromatic carbocycles. The van der Waals surface area contributed by atoms with Gasteiger partial charge in [-0.05, 0) is 63.9 Å². The number of ether oxygens (including phenoxy) is 1. The van der Waals surface area contributed by atoms with Crippen LogP contribution in [0, 0.1) is 5.92 Å². The summed E-state index contributed by atoms with van der Waals surface area (Å²) in [5.41, 5.74) is 0. The lowest BCUT2D eigenvalue weighted by Gasteiger charge is -2.28. The summed E-state index contributed by atoms with van der Waals surface area (Å²) in [6, 6.07) is 0. The quantitative estimate of drug-likeness (QED) is 0.0387. The highest BCUT2D eigenvalue weighted by atomic mass is 16.6. The molecule has 1 unspecified atom stereocenters. The molecule has 0 N–H and O–H groups in total. The molecule has 0 amide bonds. The minimum Gasteiger partial charge on any atom is -0.430 e. The van der Waals surface area contributed by atoms with Gasteiger partial charge in [-0.3, -0.25) is 4.79 Å². The second-order valence-corrected chi connectivity index (χ2v) is 14.4. The number of hydrogen-bond donors (Lipinski definition) is 0. The van der Waals surface area contributed by atoms with Gasteiger partial charge in [0.15, 0.2) is 0 Å². The normalized spacial score (nSPS) is 15.8. The monoisotopic (exact) mass is 641 g/mol. The molecule has 2 heteroatoms. The van der Waals surface area contributed by atoms with Gasteiger partial charge in [0, 0.05) is 0 Å². The van der Waals surface area contributed by atoms with Gasteiger partial charge >= 0.3 is 5.97 Å². The van der Waals surface area contributed by atoms with E-state index in [4.69, 9.17) is 4.74 Å². The van der Waals surface area contributed by atoms with Crippen molar-refractivity contribution in [2.75, 3.05) is 0 Å². The van der Waals surface area contributed by atoms with Crippen molar-refractivity contribution < 1.29 is 9.53 Å². The van der Waals surface area contributed by atoms with Gasteiger partial charge in [0.25, 0.3) is 0 Å². The van der Waals surface area contributed by atoms with Gasteiger partial charge in [0.2, 0.25) is 0 Å². The topological polar surface area (TPSA) is 26.3 Å². The maximum absolute atomic E-state index is 12.0. The van der Waals surface area contributed by atoms with Gasteiger partial charge in [-0.2, -0.15) is 0 Å². The summed E-state index contributed by atoms with van der Waals surface area (Å²) in [7, 11) is 0. The predicted molar refractivity (Wildman–Crippen MR) is 204 cm³/mol. The van der Waals surface area contributed by atoms with Crippen molar-refractivity contribution in [1.29, 1.82) is 0 Å². The average molecular weight is 641 g/mol. The first-order valence-corrected chi connectivity index (χ1v) is 21.0. The molecule has 46 heavy (non-hydrogen) atoms. The van der Waals surface area contributed by atoms with Crippen LogP contribution in [0.4, 0.5) is 0 Å². The second-order valence-electron chi connectivity index (χ2n) is 14.4. The standard InChI is InChI=1S/C44H80O2/c1-3-5-7-9-11-13-15-17-19-21-23-25-27-29-31-33-35-37-39-41-43-42(44(45)46-43)40-38-36-34-32-30-28-26-24-22-20-18-16-14-12-10-8-6-4-2/h7-10,41-42H,3-6,11-40H2,1-2H3/b9-7+,10-8+,43-41+. The third-order valence-electron chi connectivity index (χ3n) is 9.87. The molecule has 0 spiro atoms. The number of allylic oxidation sites excluding steroid dienone is 5. The zero-order valence-corrected chi connectivity index (χ0v) is 31.3. The molecular weight excluding hydrogens is 560 g/mol.